The van der Waals surface area contributed by atoms with Crippen LogP contribution in [0.2, 0.25) is 0 Å². The van der Waals surface area contributed by atoms with Crippen molar-refractivity contribution >= 4 is 17.2 Å². The van der Waals surface area contributed by atoms with Gasteiger partial charge in [0, 0.05) is 23.5 Å². The molecule has 0 aliphatic heterocycles. The van der Waals surface area contributed by atoms with Crippen molar-refractivity contribution < 1.29 is 4.79 Å². The fourth-order valence-corrected chi connectivity index (χ4v) is 3.25. The number of carbonyl (C=O) groups is 1. The minimum Gasteiger partial charge on any atom is -0.347 e. The Kier molecular flexibility index (Phi) is 5.69. The maximum absolute atomic E-state index is 12.3. The van der Waals surface area contributed by atoms with Gasteiger partial charge < -0.3 is 11.1 Å². The molecule has 1 unspecified atom stereocenters. The summed E-state index contributed by atoms with van der Waals surface area (Å²) in [5, 5.41) is 5.65. The molecule has 5 heteroatoms. The molecule has 1 aromatic heterocycles. The van der Waals surface area contributed by atoms with E-state index in [2.05, 4.69) is 24.1 Å². The van der Waals surface area contributed by atoms with Gasteiger partial charge in [-0.15, -0.1) is 11.3 Å². The third-order valence-corrected chi connectivity index (χ3v) is 4.36. The van der Waals surface area contributed by atoms with Crippen LogP contribution in [0, 0.1) is 12.8 Å². The lowest BCUT2D eigenvalue weighted by atomic mass is 10.0. The van der Waals surface area contributed by atoms with Gasteiger partial charge in [-0.3, -0.25) is 4.79 Å². The topological polar surface area (TPSA) is 68.0 Å². The van der Waals surface area contributed by atoms with E-state index in [9.17, 15) is 4.79 Å². The molecule has 0 spiro atoms. The molecule has 0 fully saturated rings. The van der Waals surface area contributed by atoms with Gasteiger partial charge in [-0.05, 0) is 24.8 Å². The van der Waals surface area contributed by atoms with Crippen molar-refractivity contribution in [3.8, 4) is 10.6 Å². The number of amides is 1. The third kappa shape index (κ3) is 4.15. The molecule has 0 radical (unpaired) electrons. The highest BCUT2D eigenvalue weighted by atomic mass is 32.1. The minimum absolute atomic E-state index is 0.00360. The zero-order valence-corrected chi connectivity index (χ0v) is 14.1. The Morgan fingerprint density at radius 1 is 1.36 bits per heavy atom. The second kappa shape index (κ2) is 7.51. The van der Waals surface area contributed by atoms with Gasteiger partial charge in [0.05, 0.1) is 0 Å². The van der Waals surface area contributed by atoms with Gasteiger partial charge in [-0.25, -0.2) is 4.98 Å². The van der Waals surface area contributed by atoms with Crippen LogP contribution in [0.5, 0.6) is 0 Å². The minimum atomic E-state index is -0.146. The van der Waals surface area contributed by atoms with Crippen LogP contribution in [0.25, 0.3) is 10.6 Å². The second-order valence-corrected chi connectivity index (χ2v) is 6.75. The van der Waals surface area contributed by atoms with Crippen LogP contribution in [-0.2, 0) is 0 Å². The van der Waals surface area contributed by atoms with Gasteiger partial charge >= 0.3 is 0 Å². The molecule has 2 aromatic rings. The predicted octanol–water partition coefficient (Wildman–Crippen LogP) is 3.22. The molecule has 1 amide bonds. The molecule has 118 valence electrons. The highest BCUT2D eigenvalue weighted by Crippen LogP contribution is 2.26. The molecule has 3 N–H and O–H groups in total. The standard InChI is InChI=1S/C17H23N3OS/c1-11(2)8-13(9-18)19-16(21)15-10-22-17(20-15)14-7-5-4-6-12(14)3/h4-7,10-11,13H,8-9,18H2,1-3H3,(H,19,21). The molecule has 0 aliphatic carbocycles. The summed E-state index contributed by atoms with van der Waals surface area (Å²) >= 11 is 1.49. The quantitative estimate of drug-likeness (QED) is 0.859. The predicted molar refractivity (Wildman–Crippen MR) is 92.1 cm³/mol. The van der Waals surface area contributed by atoms with Gasteiger partial charge in [0.25, 0.3) is 5.91 Å². The number of thiazole rings is 1. The van der Waals surface area contributed by atoms with E-state index in [1.807, 2.05) is 31.2 Å². The molecule has 1 aromatic carbocycles. The average molecular weight is 317 g/mol. The third-order valence-electron chi connectivity index (χ3n) is 3.49. The number of rotatable bonds is 6. The van der Waals surface area contributed by atoms with Crippen molar-refractivity contribution in [3.05, 3.63) is 40.9 Å². The van der Waals surface area contributed by atoms with Gasteiger partial charge in [0.15, 0.2) is 0 Å². The monoisotopic (exact) mass is 317 g/mol. The van der Waals surface area contributed by atoms with Gasteiger partial charge in [-0.2, -0.15) is 0 Å². The summed E-state index contributed by atoms with van der Waals surface area (Å²) in [7, 11) is 0. The summed E-state index contributed by atoms with van der Waals surface area (Å²) in [5.74, 6) is 0.346. The molecule has 0 bridgehead atoms. The van der Waals surface area contributed by atoms with Crippen molar-refractivity contribution in [2.24, 2.45) is 11.7 Å². The largest absolute Gasteiger partial charge is 0.347 e. The van der Waals surface area contributed by atoms with E-state index in [0.29, 0.717) is 18.2 Å². The van der Waals surface area contributed by atoms with Crippen molar-refractivity contribution in [1.82, 2.24) is 10.3 Å². The number of hydrogen-bond acceptors (Lipinski definition) is 4. The Balaban J connectivity index is 2.11. The van der Waals surface area contributed by atoms with Gasteiger partial charge in [-0.1, -0.05) is 38.1 Å². The molecule has 0 saturated carbocycles. The summed E-state index contributed by atoms with van der Waals surface area (Å²) in [6.45, 7) is 6.73. The Bertz CT molecular complexity index is 636. The lowest BCUT2D eigenvalue weighted by Crippen LogP contribution is -2.41. The first-order chi connectivity index (χ1) is 10.5. The van der Waals surface area contributed by atoms with E-state index in [0.717, 1.165) is 22.6 Å². The van der Waals surface area contributed by atoms with E-state index in [4.69, 9.17) is 5.73 Å². The molecule has 1 atom stereocenters. The lowest BCUT2D eigenvalue weighted by Gasteiger charge is -2.18. The first kappa shape index (κ1) is 16.6. The van der Waals surface area contributed by atoms with Crippen LogP contribution in [-0.4, -0.2) is 23.5 Å². The molecular weight excluding hydrogens is 294 g/mol. The first-order valence-corrected chi connectivity index (χ1v) is 8.41. The van der Waals surface area contributed by atoms with E-state index in [1.54, 1.807) is 5.38 Å². The molecule has 0 saturated heterocycles. The molecule has 2 rings (SSSR count). The van der Waals surface area contributed by atoms with Crippen molar-refractivity contribution in [1.29, 1.82) is 0 Å². The Morgan fingerprint density at radius 3 is 2.73 bits per heavy atom. The van der Waals surface area contributed by atoms with E-state index >= 15 is 0 Å². The summed E-state index contributed by atoms with van der Waals surface area (Å²) in [6, 6.07) is 8.05. The number of carbonyl (C=O) groups excluding carboxylic acids is 1. The van der Waals surface area contributed by atoms with Crippen LogP contribution in [0.15, 0.2) is 29.6 Å². The van der Waals surface area contributed by atoms with Crippen molar-refractivity contribution in [2.45, 2.75) is 33.2 Å². The van der Waals surface area contributed by atoms with Crippen LogP contribution >= 0.6 is 11.3 Å². The average Bonchev–Trinajstić information content (AvgIpc) is 2.96. The highest BCUT2D eigenvalue weighted by molar-refractivity contribution is 7.13. The lowest BCUT2D eigenvalue weighted by molar-refractivity contribution is 0.0929. The van der Waals surface area contributed by atoms with Crippen LogP contribution in [0.4, 0.5) is 0 Å². The maximum atomic E-state index is 12.3. The fraction of sp³-hybridized carbons (Fsp3) is 0.412. The van der Waals surface area contributed by atoms with E-state index in [-0.39, 0.29) is 11.9 Å². The normalized spacial score (nSPS) is 12.4. The van der Waals surface area contributed by atoms with Gasteiger partial charge in [0.1, 0.15) is 10.7 Å². The summed E-state index contributed by atoms with van der Waals surface area (Å²) in [4.78, 5) is 16.8. The van der Waals surface area contributed by atoms with E-state index in [1.165, 1.54) is 11.3 Å². The molecular formula is C17H23N3OS. The molecule has 0 aliphatic rings. The fourth-order valence-electron chi connectivity index (χ4n) is 2.36. The second-order valence-electron chi connectivity index (χ2n) is 5.89. The van der Waals surface area contributed by atoms with Crippen LogP contribution < -0.4 is 11.1 Å². The summed E-state index contributed by atoms with van der Waals surface area (Å²) in [6.07, 6.45) is 0.872. The van der Waals surface area contributed by atoms with E-state index < -0.39 is 0 Å². The maximum Gasteiger partial charge on any atom is 0.271 e. The molecule has 1 heterocycles. The smallest absolute Gasteiger partial charge is 0.271 e. The van der Waals surface area contributed by atoms with Crippen LogP contribution in [0.1, 0.15) is 36.3 Å². The Hall–Kier alpha value is -1.72. The summed E-state index contributed by atoms with van der Waals surface area (Å²) in [5.41, 5.74) is 8.42. The number of nitrogens with one attached hydrogen (secondary N) is 1. The number of aryl methyl sites for hydroxylation is 1. The number of aromatic nitrogens is 1. The molecule has 22 heavy (non-hydrogen) atoms. The highest BCUT2D eigenvalue weighted by Gasteiger charge is 2.17. The number of hydrogen-bond donors (Lipinski definition) is 2. The zero-order chi connectivity index (χ0) is 16.1. The Morgan fingerprint density at radius 2 is 2.09 bits per heavy atom. The Labute approximate surface area is 135 Å². The number of nitrogens with zero attached hydrogens (tertiary/aromatic N) is 1. The van der Waals surface area contributed by atoms with Crippen LogP contribution in [0.3, 0.4) is 0 Å². The first-order valence-electron chi connectivity index (χ1n) is 7.53. The van der Waals surface area contributed by atoms with Crippen molar-refractivity contribution in [3.63, 3.8) is 0 Å². The SMILES string of the molecule is Cc1ccccc1-c1nc(C(=O)NC(CN)CC(C)C)cs1. The zero-order valence-electron chi connectivity index (χ0n) is 13.3. The summed E-state index contributed by atoms with van der Waals surface area (Å²) < 4.78 is 0. The van der Waals surface area contributed by atoms with Gasteiger partial charge in [0.2, 0.25) is 0 Å². The number of benzene rings is 1. The number of nitrogens with two attached hydrogens (primary N) is 1. The van der Waals surface area contributed by atoms with Crippen molar-refractivity contribution in [2.75, 3.05) is 6.54 Å². The molecule has 4 nitrogen and oxygen atoms in total.